The van der Waals surface area contributed by atoms with Crippen molar-refractivity contribution in [2.75, 3.05) is 5.32 Å². The van der Waals surface area contributed by atoms with E-state index in [0.717, 1.165) is 5.56 Å². The Bertz CT molecular complexity index is 590. The summed E-state index contributed by atoms with van der Waals surface area (Å²) in [5.41, 5.74) is 2.00. The van der Waals surface area contributed by atoms with E-state index in [2.05, 4.69) is 26.3 Å². The average molecular weight is 329 g/mol. The van der Waals surface area contributed by atoms with Crippen LogP contribution in [0.2, 0.25) is 5.02 Å². The molecule has 0 spiro atoms. The van der Waals surface area contributed by atoms with Crippen LogP contribution in [-0.2, 0) is 7.05 Å². The number of aromatic nitrogens is 2. The predicted octanol–water partition coefficient (Wildman–Crippen LogP) is 3.40. The van der Waals surface area contributed by atoms with E-state index in [1.165, 1.54) is 4.68 Å². The molecule has 0 aliphatic carbocycles. The maximum absolute atomic E-state index is 12.1. The lowest BCUT2D eigenvalue weighted by atomic mass is 10.2. The van der Waals surface area contributed by atoms with Gasteiger partial charge in [-0.1, -0.05) is 17.7 Å². The van der Waals surface area contributed by atoms with Gasteiger partial charge in [-0.2, -0.15) is 5.10 Å². The summed E-state index contributed by atoms with van der Waals surface area (Å²) in [4.78, 5) is 12.1. The summed E-state index contributed by atoms with van der Waals surface area (Å²) < 4.78 is 2.17. The molecule has 6 heteroatoms. The van der Waals surface area contributed by atoms with Crippen LogP contribution < -0.4 is 5.32 Å². The van der Waals surface area contributed by atoms with E-state index < -0.39 is 0 Å². The van der Waals surface area contributed by atoms with Crippen LogP contribution in [0.4, 0.5) is 5.69 Å². The molecule has 4 nitrogen and oxygen atoms in total. The first-order valence-electron chi connectivity index (χ1n) is 5.24. The largest absolute Gasteiger partial charge is 0.320 e. The third-order valence-corrected chi connectivity index (χ3v) is 3.61. The lowest BCUT2D eigenvalue weighted by Gasteiger charge is -2.09. The number of amides is 1. The van der Waals surface area contributed by atoms with Gasteiger partial charge in [0.05, 0.1) is 10.7 Å². The molecule has 1 heterocycles. The third-order valence-electron chi connectivity index (χ3n) is 2.63. The number of nitrogens with zero attached hydrogens (tertiary/aromatic N) is 2. The summed E-state index contributed by atoms with van der Waals surface area (Å²) in [6.45, 7) is 1.86. The smallest absolute Gasteiger partial charge is 0.275 e. The number of halogens is 2. The van der Waals surface area contributed by atoms with E-state index in [-0.39, 0.29) is 5.91 Å². The molecule has 0 fully saturated rings. The molecule has 0 saturated heterocycles. The number of carbonyl (C=O) groups is 1. The molecule has 1 aromatic heterocycles. The van der Waals surface area contributed by atoms with Gasteiger partial charge in [0, 0.05) is 17.8 Å². The highest BCUT2D eigenvalue weighted by Gasteiger charge is 2.16. The van der Waals surface area contributed by atoms with Gasteiger partial charge >= 0.3 is 0 Å². The van der Waals surface area contributed by atoms with E-state index in [1.807, 2.05) is 13.0 Å². The zero-order valence-electron chi connectivity index (χ0n) is 9.87. The second kappa shape index (κ2) is 5.12. The molecule has 2 rings (SSSR count). The minimum absolute atomic E-state index is 0.229. The van der Waals surface area contributed by atoms with E-state index in [9.17, 15) is 4.79 Å². The summed E-state index contributed by atoms with van der Waals surface area (Å²) in [6, 6.07) is 5.39. The van der Waals surface area contributed by atoms with Crippen LogP contribution in [0.3, 0.4) is 0 Å². The maximum Gasteiger partial charge on any atom is 0.275 e. The van der Waals surface area contributed by atoms with Crippen molar-refractivity contribution in [3.8, 4) is 0 Å². The molecular formula is C12H11BrClN3O. The quantitative estimate of drug-likeness (QED) is 0.918. The summed E-state index contributed by atoms with van der Waals surface area (Å²) in [7, 11) is 1.71. The number of aryl methyl sites for hydroxylation is 1. The lowest BCUT2D eigenvalue weighted by molar-refractivity contribution is 0.101. The molecular weight excluding hydrogens is 318 g/mol. The molecule has 1 N–H and O–H groups in total. The van der Waals surface area contributed by atoms with E-state index >= 15 is 0 Å². The van der Waals surface area contributed by atoms with Crippen LogP contribution in [0.15, 0.2) is 28.9 Å². The van der Waals surface area contributed by atoms with Crippen molar-refractivity contribution in [2.24, 2.45) is 7.05 Å². The van der Waals surface area contributed by atoms with Gasteiger partial charge in [0.2, 0.25) is 0 Å². The number of benzene rings is 1. The number of hydrogen-bond acceptors (Lipinski definition) is 2. The number of carbonyl (C=O) groups excluding carboxylic acids is 1. The first-order valence-corrected chi connectivity index (χ1v) is 6.41. The van der Waals surface area contributed by atoms with Gasteiger partial charge in [0.15, 0.2) is 0 Å². The Morgan fingerprint density at radius 3 is 2.83 bits per heavy atom. The van der Waals surface area contributed by atoms with Crippen molar-refractivity contribution in [1.29, 1.82) is 0 Å². The Labute approximate surface area is 118 Å². The molecule has 18 heavy (non-hydrogen) atoms. The van der Waals surface area contributed by atoms with E-state index in [1.54, 1.807) is 25.4 Å². The monoisotopic (exact) mass is 327 g/mol. The van der Waals surface area contributed by atoms with Crippen molar-refractivity contribution < 1.29 is 4.79 Å². The average Bonchev–Trinajstić information content (AvgIpc) is 2.65. The van der Waals surface area contributed by atoms with Crippen molar-refractivity contribution in [1.82, 2.24) is 9.78 Å². The zero-order valence-corrected chi connectivity index (χ0v) is 12.2. The fourth-order valence-corrected chi connectivity index (χ4v) is 2.29. The third kappa shape index (κ3) is 2.42. The molecule has 0 aliphatic rings. The summed E-state index contributed by atoms with van der Waals surface area (Å²) >= 11 is 9.30. The number of anilines is 1. The van der Waals surface area contributed by atoms with Crippen LogP contribution in [-0.4, -0.2) is 15.7 Å². The lowest BCUT2D eigenvalue weighted by Crippen LogP contribution is -2.17. The van der Waals surface area contributed by atoms with Crippen LogP contribution in [0, 0.1) is 6.92 Å². The van der Waals surface area contributed by atoms with Gasteiger partial charge in [-0.3, -0.25) is 9.48 Å². The van der Waals surface area contributed by atoms with Gasteiger partial charge in [-0.25, -0.2) is 0 Å². The first-order chi connectivity index (χ1) is 8.50. The van der Waals surface area contributed by atoms with Crippen LogP contribution in [0.1, 0.15) is 16.1 Å². The fourth-order valence-electron chi connectivity index (χ4n) is 1.59. The van der Waals surface area contributed by atoms with Crippen molar-refractivity contribution in [3.63, 3.8) is 0 Å². The molecule has 0 radical (unpaired) electrons. The number of hydrogen-bond donors (Lipinski definition) is 1. The molecule has 0 unspecified atom stereocenters. The standard InChI is InChI=1S/C12H11BrClN3O/c1-7-9(14)4-3-5-10(7)16-12(18)11-8(13)6-15-17(11)2/h3-6H,1-2H3,(H,16,18). The Hall–Kier alpha value is -1.33. The molecule has 2 aromatic rings. The summed E-state index contributed by atoms with van der Waals surface area (Å²) in [5, 5.41) is 7.44. The fraction of sp³-hybridized carbons (Fsp3) is 0.167. The molecule has 1 amide bonds. The second-order valence-electron chi connectivity index (χ2n) is 3.83. The SMILES string of the molecule is Cc1c(Cl)cccc1NC(=O)c1c(Br)cnn1C. The highest BCUT2D eigenvalue weighted by Crippen LogP contribution is 2.24. The Morgan fingerprint density at radius 1 is 1.50 bits per heavy atom. The second-order valence-corrected chi connectivity index (χ2v) is 5.09. The van der Waals surface area contributed by atoms with Crippen molar-refractivity contribution >= 4 is 39.1 Å². The molecule has 0 bridgehead atoms. The van der Waals surface area contributed by atoms with Crippen LogP contribution in [0.25, 0.3) is 0 Å². The van der Waals surface area contributed by atoms with E-state index in [0.29, 0.717) is 20.9 Å². The Morgan fingerprint density at radius 2 is 2.22 bits per heavy atom. The molecule has 0 atom stereocenters. The topological polar surface area (TPSA) is 46.9 Å². The van der Waals surface area contributed by atoms with Crippen LogP contribution in [0.5, 0.6) is 0 Å². The maximum atomic E-state index is 12.1. The molecule has 0 saturated carbocycles. The van der Waals surface area contributed by atoms with Crippen LogP contribution >= 0.6 is 27.5 Å². The summed E-state index contributed by atoms with van der Waals surface area (Å²) in [5.74, 6) is -0.229. The zero-order chi connectivity index (χ0) is 13.3. The number of rotatable bonds is 2. The molecule has 0 aliphatic heterocycles. The van der Waals surface area contributed by atoms with Gasteiger partial charge in [-0.05, 0) is 40.5 Å². The highest BCUT2D eigenvalue weighted by molar-refractivity contribution is 9.10. The Balaban J connectivity index is 2.30. The van der Waals surface area contributed by atoms with Gasteiger partial charge in [-0.15, -0.1) is 0 Å². The van der Waals surface area contributed by atoms with Gasteiger partial charge in [0.25, 0.3) is 5.91 Å². The highest BCUT2D eigenvalue weighted by atomic mass is 79.9. The van der Waals surface area contributed by atoms with Gasteiger partial charge < -0.3 is 5.32 Å². The van der Waals surface area contributed by atoms with Crippen molar-refractivity contribution in [2.45, 2.75) is 6.92 Å². The normalized spacial score (nSPS) is 10.4. The predicted molar refractivity (Wildman–Crippen MR) is 75.1 cm³/mol. The minimum atomic E-state index is -0.229. The van der Waals surface area contributed by atoms with Crippen molar-refractivity contribution in [3.05, 3.63) is 45.1 Å². The summed E-state index contributed by atoms with van der Waals surface area (Å²) in [6.07, 6.45) is 1.58. The minimum Gasteiger partial charge on any atom is -0.320 e. The number of nitrogens with one attached hydrogen (secondary N) is 1. The Kier molecular flexibility index (Phi) is 3.73. The molecule has 1 aromatic carbocycles. The van der Waals surface area contributed by atoms with E-state index in [4.69, 9.17) is 11.6 Å². The molecule has 94 valence electrons. The van der Waals surface area contributed by atoms with Gasteiger partial charge in [0.1, 0.15) is 5.69 Å². The first kappa shape index (κ1) is 13.1.